The Kier molecular flexibility index (Phi) is 3.10. The lowest BCUT2D eigenvalue weighted by molar-refractivity contribution is 0.0936. The average Bonchev–Trinajstić information content (AvgIpc) is 3.19. The van der Waals surface area contributed by atoms with E-state index in [1.807, 2.05) is 6.07 Å². The Labute approximate surface area is 131 Å². The highest BCUT2D eigenvalue weighted by Gasteiger charge is 2.29. The second kappa shape index (κ2) is 5.01. The summed E-state index contributed by atoms with van der Waals surface area (Å²) in [4.78, 5) is 12.7. The van der Waals surface area contributed by atoms with Gasteiger partial charge in [-0.1, -0.05) is 24.3 Å². The van der Waals surface area contributed by atoms with Crippen LogP contribution in [0.4, 0.5) is 0 Å². The Bertz CT molecular complexity index is 740. The van der Waals surface area contributed by atoms with Crippen molar-refractivity contribution in [2.45, 2.75) is 51.6 Å². The largest absolute Gasteiger partial charge is 0.345 e. The number of amides is 1. The molecule has 2 aliphatic rings. The van der Waals surface area contributed by atoms with Crippen LogP contribution in [0.15, 0.2) is 30.3 Å². The maximum Gasteiger partial charge on any atom is 0.253 e. The number of fused-ring (bicyclic) bond motifs is 1. The molecule has 0 bridgehead atoms. The molecule has 0 unspecified atom stereocenters. The van der Waals surface area contributed by atoms with Crippen LogP contribution >= 0.6 is 0 Å². The molecule has 0 aliphatic heterocycles. The molecule has 1 heterocycles. The zero-order valence-electron chi connectivity index (χ0n) is 13.2. The number of aryl methyl sites for hydroxylation is 2. The summed E-state index contributed by atoms with van der Waals surface area (Å²) in [5, 5.41) is 3.24. The fraction of sp³-hybridized carbons (Fsp3) is 0.421. The standard InChI is InChI=1S/C19H22N2O/c1-12-11-17(13(2)21(12)15-8-9-15)19(22)20-18-10-7-14-5-3-4-6-16(14)18/h3-6,11,15,18H,7-10H2,1-2H3,(H,20,22)/t18-/m0/s1. The third-order valence-electron chi connectivity index (χ3n) is 5.08. The summed E-state index contributed by atoms with van der Waals surface area (Å²) in [6.07, 6.45) is 4.55. The zero-order chi connectivity index (χ0) is 15.3. The molecule has 3 nitrogen and oxygen atoms in total. The molecular weight excluding hydrogens is 272 g/mol. The summed E-state index contributed by atoms with van der Waals surface area (Å²) in [5.74, 6) is 0.0710. The highest BCUT2D eigenvalue weighted by Crippen LogP contribution is 2.38. The molecule has 1 saturated carbocycles. The van der Waals surface area contributed by atoms with Crippen molar-refractivity contribution in [2.24, 2.45) is 0 Å². The molecule has 1 amide bonds. The van der Waals surface area contributed by atoms with E-state index in [0.717, 1.165) is 24.1 Å². The van der Waals surface area contributed by atoms with Gasteiger partial charge in [0.25, 0.3) is 5.91 Å². The predicted molar refractivity (Wildman–Crippen MR) is 87.1 cm³/mol. The summed E-state index contributed by atoms with van der Waals surface area (Å²) < 4.78 is 2.33. The summed E-state index contributed by atoms with van der Waals surface area (Å²) in [6.45, 7) is 4.18. The van der Waals surface area contributed by atoms with Crippen LogP contribution in [0, 0.1) is 13.8 Å². The van der Waals surface area contributed by atoms with Crippen LogP contribution in [0.25, 0.3) is 0 Å². The molecule has 1 fully saturated rings. The van der Waals surface area contributed by atoms with E-state index in [4.69, 9.17) is 0 Å². The van der Waals surface area contributed by atoms with Crippen molar-refractivity contribution >= 4 is 5.91 Å². The molecule has 4 rings (SSSR count). The maximum absolute atomic E-state index is 12.7. The second-order valence-corrected chi connectivity index (χ2v) is 6.65. The minimum atomic E-state index is 0.0710. The van der Waals surface area contributed by atoms with Crippen LogP contribution in [0.2, 0.25) is 0 Å². The van der Waals surface area contributed by atoms with E-state index in [1.165, 1.54) is 29.7 Å². The fourth-order valence-corrected chi connectivity index (χ4v) is 3.84. The van der Waals surface area contributed by atoms with Gasteiger partial charge in [0.05, 0.1) is 11.6 Å². The number of rotatable bonds is 3. The van der Waals surface area contributed by atoms with Gasteiger partial charge in [-0.3, -0.25) is 4.79 Å². The Hall–Kier alpha value is -2.03. The van der Waals surface area contributed by atoms with Gasteiger partial charge in [0.15, 0.2) is 0 Å². The van der Waals surface area contributed by atoms with Gasteiger partial charge in [-0.2, -0.15) is 0 Å². The minimum absolute atomic E-state index is 0.0710. The summed E-state index contributed by atoms with van der Waals surface area (Å²) in [6, 6.07) is 11.3. The van der Waals surface area contributed by atoms with Crippen LogP contribution in [0.3, 0.4) is 0 Å². The lowest BCUT2D eigenvalue weighted by atomic mass is 10.1. The Morgan fingerprint density at radius 2 is 1.95 bits per heavy atom. The van der Waals surface area contributed by atoms with Gasteiger partial charge < -0.3 is 9.88 Å². The Balaban J connectivity index is 1.57. The van der Waals surface area contributed by atoms with E-state index < -0.39 is 0 Å². The molecule has 1 N–H and O–H groups in total. The second-order valence-electron chi connectivity index (χ2n) is 6.65. The molecule has 1 atom stereocenters. The van der Waals surface area contributed by atoms with Crippen molar-refractivity contribution < 1.29 is 4.79 Å². The molecule has 22 heavy (non-hydrogen) atoms. The number of carbonyl (C=O) groups excluding carboxylic acids is 1. The molecule has 2 aliphatic carbocycles. The lowest BCUT2D eigenvalue weighted by Gasteiger charge is -2.14. The molecular formula is C19H22N2O. The quantitative estimate of drug-likeness (QED) is 0.916. The maximum atomic E-state index is 12.7. The molecule has 114 valence electrons. The van der Waals surface area contributed by atoms with Crippen molar-refractivity contribution in [1.82, 2.24) is 9.88 Å². The number of carbonyl (C=O) groups is 1. The molecule has 3 heteroatoms. The van der Waals surface area contributed by atoms with Crippen LogP contribution in [0.1, 0.15) is 64.2 Å². The van der Waals surface area contributed by atoms with Crippen molar-refractivity contribution in [3.63, 3.8) is 0 Å². The number of benzene rings is 1. The van der Waals surface area contributed by atoms with Gasteiger partial charge >= 0.3 is 0 Å². The van der Waals surface area contributed by atoms with E-state index in [2.05, 4.69) is 48.0 Å². The van der Waals surface area contributed by atoms with Gasteiger partial charge in [-0.25, -0.2) is 0 Å². The first-order valence-corrected chi connectivity index (χ1v) is 8.22. The molecule has 1 aromatic heterocycles. The molecule has 0 saturated heterocycles. The molecule has 1 aromatic carbocycles. The third-order valence-corrected chi connectivity index (χ3v) is 5.08. The molecule has 0 spiro atoms. The minimum Gasteiger partial charge on any atom is -0.345 e. The topological polar surface area (TPSA) is 34.0 Å². The van der Waals surface area contributed by atoms with Gasteiger partial charge in [-0.05, 0) is 56.7 Å². The van der Waals surface area contributed by atoms with Gasteiger partial charge in [0.1, 0.15) is 0 Å². The van der Waals surface area contributed by atoms with Crippen LogP contribution in [-0.2, 0) is 6.42 Å². The zero-order valence-corrected chi connectivity index (χ0v) is 13.2. The van der Waals surface area contributed by atoms with Gasteiger partial charge in [-0.15, -0.1) is 0 Å². The number of aromatic nitrogens is 1. The monoisotopic (exact) mass is 294 g/mol. The molecule has 2 aromatic rings. The lowest BCUT2D eigenvalue weighted by Crippen LogP contribution is -2.27. The Morgan fingerprint density at radius 1 is 1.18 bits per heavy atom. The van der Waals surface area contributed by atoms with Crippen LogP contribution in [0.5, 0.6) is 0 Å². The van der Waals surface area contributed by atoms with Crippen LogP contribution < -0.4 is 5.32 Å². The van der Waals surface area contributed by atoms with E-state index in [1.54, 1.807) is 0 Å². The van der Waals surface area contributed by atoms with Crippen molar-refractivity contribution in [1.29, 1.82) is 0 Å². The summed E-state index contributed by atoms with van der Waals surface area (Å²) in [5.41, 5.74) is 5.82. The van der Waals surface area contributed by atoms with Crippen LogP contribution in [-0.4, -0.2) is 10.5 Å². The fourth-order valence-electron chi connectivity index (χ4n) is 3.84. The predicted octanol–water partition coefficient (Wildman–Crippen LogP) is 3.86. The number of hydrogen-bond acceptors (Lipinski definition) is 1. The first kappa shape index (κ1) is 13.6. The van der Waals surface area contributed by atoms with Crippen molar-refractivity contribution in [2.75, 3.05) is 0 Å². The highest BCUT2D eigenvalue weighted by molar-refractivity contribution is 5.96. The Morgan fingerprint density at radius 3 is 2.73 bits per heavy atom. The third kappa shape index (κ3) is 2.16. The van der Waals surface area contributed by atoms with E-state index in [-0.39, 0.29) is 11.9 Å². The molecule has 0 radical (unpaired) electrons. The smallest absolute Gasteiger partial charge is 0.253 e. The van der Waals surface area contributed by atoms with E-state index in [0.29, 0.717) is 6.04 Å². The van der Waals surface area contributed by atoms with Crippen molar-refractivity contribution in [3.05, 3.63) is 58.4 Å². The SMILES string of the molecule is Cc1cc(C(=O)N[C@H]2CCc3ccccc32)c(C)n1C1CC1. The van der Waals surface area contributed by atoms with E-state index in [9.17, 15) is 4.79 Å². The first-order chi connectivity index (χ1) is 10.6. The number of nitrogens with one attached hydrogen (secondary N) is 1. The summed E-state index contributed by atoms with van der Waals surface area (Å²) >= 11 is 0. The average molecular weight is 294 g/mol. The highest BCUT2D eigenvalue weighted by atomic mass is 16.1. The van der Waals surface area contributed by atoms with Gasteiger partial charge in [0, 0.05) is 17.4 Å². The number of nitrogens with zero attached hydrogens (tertiary/aromatic N) is 1. The number of hydrogen-bond donors (Lipinski definition) is 1. The summed E-state index contributed by atoms with van der Waals surface area (Å²) in [7, 11) is 0. The van der Waals surface area contributed by atoms with E-state index >= 15 is 0 Å². The normalized spacial score (nSPS) is 20.0. The first-order valence-electron chi connectivity index (χ1n) is 8.22. The van der Waals surface area contributed by atoms with Crippen molar-refractivity contribution in [3.8, 4) is 0 Å². The van der Waals surface area contributed by atoms with Gasteiger partial charge in [0.2, 0.25) is 0 Å².